The van der Waals surface area contributed by atoms with Gasteiger partial charge in [0.1, 0.15) is 0 Å². The number of hydrogen-bond acceptors (Lipinski definition) is 2. The molecule has 15 heavy (non-hydrogen) atoms. The van der Waals surface area contributed by atoms with Crippen LogP contribution in [0.15, 0.2) is 0 Å². The number of carbonyl (C=O) groups is 1. The molecule has 2 aliphatic rings. The van der Waals surface area contributed by atoms with Crippen LogP contribution in [0.1, 0.15) is 26.7 Å². The number of likely N-dealkylation sites (N-methyl/N-ethyl adjacent to an activating group) is 1. The molecule has 2 amide bonds. The molecule has 0 bridgehead atoms. The molecule has 86 valence electrons. The van der Waals surface area contributed by atoms with Gasteiger partial charge in [-0.05, 0) is 39.8 Å². The summed E-state index contributed by atoms with van der Waals surface area (Å²) in [6, 6.07) is 0.507. The SMILES string of the molecule is CC(C)N1C(=O)N(C)CC12CCNCC2. The summed E-state index contributed by atoms with van der Waals surface area (Å²) < 4.78 is 0. The standard InChI is InChI=1S/C11H21N3O/c1-9(2)14-10(15)13(3)8-11(14)4-6-12-7-5-11/h9,12H,4-8H2,1-3H3. The first-order valence-corrected chi connectivity index (χ1v) is 5.82. The van der Waals surface area contributed by atoms with Crippen LogP contribution >= 0.6 is 0 Å². The third kappa shape index (κ3) is 1.61. The maximum atomic E-state index is 12.1. The molecule has 4 heteroatoms. The molecule has 4 nitrogen and oxygen atoms in total. The summed E-state index contributed by atoms with van der Waals surface area (Å²) in [7, 11) is 1.91. The highest BCUT2D eigenvalue weighted by Gasteiger charge is 2.49. The highest BCUT2D eigenvalue weighted by molar-refractivity contribution is 5.78. The van der Waals surface area contributed by atoms with E-state index in [9.17, 15) is 4.79 Å². The number of carbonyl (C=O) groups excluding carboxylic acids is 1. The monoisotopic (exact) mass is 211 g/mol. The zero-order chi connectivity index (χ0) is 11.1. The van der Waals surface area contributed by atoms with Gasteiger partial charge >= 0.3 is 6.03 Å². The molecule has 1 spiro atoms. The van der Waals surface area contributed by atoms with Crippen molar-refractivity contribution in [3.8, 4) is 0 Å². The van der Waals surface area contributed by atoms with E-state index >= 15 is 0 Å². The van der Waals surface area contributed by atoms with Gasteiger partial charge in [-0.1, -0.05) is 0 Å². The van der Waals surface area contributed by atoms with Crippen LogP contribution in [0.2, 0.25) is 0 Å². The normalized spacial score (nSPS) is 25.7. The molecule has 0 aliphatic carbocycles. The summed E-state index contributed by atoms with van der Waals surface area (Å²) >= 11 is 0. The van der Waals surface area contributed by atoms with Gasteiger partial charge in [0.2, 0.25) is 0 Å². The second kappa shape index (κ2) is 3.67. The Labute approximate surface area is 91.6 Å². The Morgan fingerprint density at radius 1 is 1.33 bits per heavy atom. The smallest absolute Gasteiger partial charge is 0.320 e. The lowest BCUT2D eigenvalue weighted by Gasteiger charge is -2.42. The molecule has 0 aromatic carbocycles. The minimum absolute atomic E-state index is 0.102. The number of amides is 2. The maximum absolute atomic E-state index is 12.1. The van der Waals surface area contributed by atoms with Crippen LogP contribution in [0.3, 0.4) is 0 Å². The lowest BCUT2D eigenvalue weighted by Crippen LogP contribution is -2.55. The molecule has 0 aromatic rings. The molecule has 0 radical (unpaired) electrons. The summed E-state index contributed by atoms with van der Waals surface area (Å²) in [4.78, 5) is 16.0. The van der Waals surface area contributed by atoms with E-state index in [4.69, 9.17) is 0 Å². The van der Waals surface area contributed by atoms with Gasteiger partial charge in [0, 0.05) is 19.6 Å². The molecule has 2 heterocycles. The first-order chi connectivity index (χ1) is 7.07. The van der Waals surface area contributed by atoms with Crippen molar-refractivity contribution in [2.75, 3.05) is 26.7 Å². The highest BCUT2D eigenvalue weighted by atomic mass is 16.2. The predicted molar refractivity (Wildman–Crippen MR) is 59.8 cm³/mol. The van der Waals surface area contributed by atoms with E-state index in [1.54, 1.807) is 0 Å². The van der Waals surface area contributed by atoms with E-state index < -0.39 is 0 Å². The van der Waals surface area contributed by atoms with Crippen molar-refractivity contribution >= 4 is 6.03 Å². The minimum atomic E-state index is 0.102. The van der Waals surface area contributed by atoms with Crippen molar-refractivity contribution in [2.45, 2.75) is 38.3 Å². The molecule has 0 atom stereocenters. The topological polar surface area (TPSA) is 35.6 Å². The quantitative estimate of drug-likeness (QED) is 0.699. The van der Waals surface area contributed by atoms with Crippen molar-refractivity contribution in [3.05, 3.63) is 0 Å². The van der Waals surface area contributed by atoms with Gasteiger partial charge in [0.25, 0.3) is 0 Å². The minimum Gasteiger partial charge on any atom is -0.325 e. The predicted octanol–water partition coefficient (Wildman–Crippen LogP) is 0.884. The number of nitrogens with zero attached hydrogens (tertiary/aromatic N) is 2. The Morgan fingerprint density at radius 3 is 2.47 bits per heavy atom. The van der Waals surface area contributed by atoms with E-state index in [2.05, 4.69) is 24.1 Å². The maximum Gasteiger partial charge on any atom is 0.320 e. The molecule has 2 aliphatic heterocycles. The number of nitrogens with one attached hydrogen (secondary N) is 1. The molecular weight excluding hydrogens is 190 g/mol. The van der Waals surface area contributed by atoms with E-state index in [0.29, 0.717) is 6.04 Å². The molecule has 0 saturated carbocycles. The van der Waals surface area contributed by atoms with Gasteiger partial charge in [-0.15, -0.1) is 0 Å². The Hall–Kier alpha value is -0.770. The first-order valence-electron chi connectivity index (χ1n) is 5.82. The lowest BCUT2D eigenvalue weighted by molar-refractivity contribution is 0.101. The largest absolute Gasteiger partial charge is 0.325 e. The van der Waals surface area contributed by atoms with Crippen LogP contribution in [-0.4, -0.2) is 54.1 Å². The van der Waals surface area contributed by atoms with Crippen LogP contribution in [-0.2, 0) is 0 Å². The van der Waals surface area contributed by atoms with Crippen LogP contribution in [0.5, 0.6) is 0 Å². The average Bonchev–Trinajstić information content (AvgIpc) is 2.40. The number of rotatable bonds is 1. The zero-order valence-electron chi connectivity index (χ0n) is 9.92. The van der Waals surface area contributed by atoms with Gasteiger partial charge < -0.3 is 15.1 Å². The van der Waals surface area contributed by atoms with Crippen molar-refractivity contribution in [1.82, 2.24) is 15.1 Å². The van der Waals surface area contributed by atoms with Gasteiger partial charge in [0.15, 0.2) is 0 Å². The summed E-state index contributed by atoms with van der Waals surface area (Å²) in [5.74, 6) is 0. The van der Waals surface area contributed by atoms with Crippen LogP contribution < -0.4 is 5.32 Å². The Balaban J connectivity index is 2.25. The second-order valence-electron chi connectivity index (χ2n) is 5.08. The van der Waals surface area contributed by atoms with Crippen molar-refractivity contribution in [2.24, 2.45) is 0 Å². The number of hydrogen-bond donors (Lipinski definition) is 1. The first kappa shape index (κ1) is 10.7. The van der Waals surface area contributed by atoms with Crippen LogP contribution in [0.4, 0.5) is 4.79 Å². The summed E-state index contributed by atoms with van der Waals surface area (Å²) in [5, 5.41) is 3.37. The fourth-order valence-electron chi connectivity index (χ4n) is 3.03. The summed E-state index contributed by atoms with van der Waals surface area (Å²) in [6.07, 6.45) is 2.17. The Kier molecular flexibility index (Phi) is 2.63. The van der Waals surface area contributed by atoms with Crippen LogP contribution in [0.25, 0.3) is 0 Å². The van der Waals surface area contributed by atoms with E-state index in [1.807, 2.05) is 11.9 Å². The van der Waals surface area contributed by atoms with Gasteiger partial charge in [-0.3, -0.25) is 0 Å². The molecule has 1 N–H and O–H groups in total. The van der Waals surface area contributed by atoms with Crippen LogP contribution in [0, 0.1) is 0 Å². The third-order valence-electron chi connectivity index (χ3n) is 3.63. The fourth-order valence-corrected chi connectivity index (χ4v) is 3.03. The van der Waals surface area contributed by atoms with Crippen molar-refractivity contribution in [3.63, 3.8) is 0 Å². The number of urea groups is 1. The van der Waals surface area contributed by atoms with Gasteiger partial charge in [0.05, 0.1) is 5.54 Å². The van der Waals surface area contributed by atoms with E-state index in [-0.39, 0.29) is 11.6 Å². The van der Waals surface area contributed by atoms with Gasteiger partial charge in [-0.2, -0.15) is 0 Å². The summed E-state index contributed by atoms with van der Waals surface area (Å²) in [6.45, 7) is 7.18. The molecule has 2 fully saturated rings. The molecule has 0 unspecified atom stereocenters. The average molecular weight is 211 g/mol. The Bertz CT molecular complexity index is 259. The van der Waals surface area contributed by atoms with E-state index in [1.165, 1.54) is 0 Å². The van der Waals surface area contributed by atoms with Crippen molar-refractivity contribution < 1.29 is 4.79 Å². The highest BCUT2D eigenvalue weighted by Crippen LogP contribution is 2.35. The second-order valence-corrected chi connectivity index (χ2v) is 5.08. The number of piperidine rings is 1. The molecular formula is C11H21N3O. The zero-order valence-corrected chi connectivity index (χ0v) is 9.92. The van der Waals surface area contributed by atoms with Crippen molar-refractivity contribution in [1.29, 1.82) is 0 Å². The van der Waals surface area contributed by atoms with Gasteiger partial charge in [-0.25, -0.2) is 4.79 Å². The molecule has 0 aromatic heterocycles. The Morgan fingerprint density at radius 2 is 1.93 bits per heavy atom. The fraction of sp³-hybridized carbons (Fsp3) is 0.909. The van der Waals surface area contributed by atoms with E-state index in [0.717, 1.165) is 32.5 Å². The molecule has 2 saturated heterocycles. The lowest BCUT2D eigenvalue weighted by atomic mass is 9.87. The third-order valence-corrected chi connectivity index (χ3v) is 3.63. The summed E-state index contributed by atoms with van der Waals surface area (Å²) in [5.41, 5.74) is 0.102. The molecule has 2 rings (SSSR count).